The van der Waals surface area contributed by atoms with Crippen LogP contribution in [0.2, 0.25) is 0 Å². The van der Waals surface area contributed by atoms with Crippen LogP contribution in [0.5, 0.6) is 0 Å². The number of hydrazine groups is 1. The number of nitrogens with zero attached hydrogens (tertiary/aromatic N) is 2. The third kappa shape index (κ3) is 2.79. The first-order chi connectivity index (χ1) is 9.81. The van der Waals surface area contributed by atoms with E-state index >= 15 is 0 Å². The Morgan fingerprint density at radius 2 is 2.45 bits per heavy atom. The summed E-state index contributed by atoms with van der Waals surface area (Å²) in [6.45, 7) is 3.08. The Kier molecular flexibility index (Phi) is 4.45. The normalized spacial score (nSPS) is 16.1. The fourth-order valence-electron chi connectivity index (χ4n) is 2.58. The lowest BCUT2D eigenvalue weighted by molar-refractivity contribution is 0.530. The molecule has 20 heavy (non-hydrogen) atoms. The summed E-state index contributed by atoms with van der Waals surface area (Å²) in [5.74, 6) is 9.27. The van der Waals surface area contributed by atoms with E-state index in [1.54, 1.807) is 0 Å². The third-order valence-corrected chi connectivity index (χ3v) is 6.08. The van der Waals surface area contributed by atoms with Crippen molar-refractivity contribution in [1.29, 1.82) is 0 Å². The van der Waals surface area contributed by atoms with E-state index in [1.165, 1.54) is 27.5 Å². The van der Waals surface area contributed by atoms with Crippen LogP contribution in [-0.4, -0.2) is 15.3 Å². The fraction of sp³-hybridized carbons (Fsp3) is 0.500. The molecule has 0 fully saturated rings. The summed E-state index contributed by atoms with van der Waals surface area (Å²) in [5, 5.41) is 0. The molecule has 3 heterocycles. The van der Waals surface area contributed by atoms with Gasteiger partial charge in [0.1, 0.15) is 5.82 Å². The molecule has 1 aliphatic rings. The van der Waals surface area contributed by atoms with E-state index in [9.17, 15) is 0 Å². The molecule has 0 aliphatic carbocycles. The molecular weight excluding hydrogens is 288 g/mol. The molecule has 1 aliphatic heterocycles. The number of hydrogen-bond acceptors (Lipinski definition) is 5. The van der Waals surface area contributed by atoms with E-state index in [2.05, 4.69) is 28.0 Å². The molecule has 108 valence electrons. The van der Waals surface area contributed by atoms with Crippen LogP contribution < -0.4 is 11.3 Å². The Hall–Kier alpha value is -0.820. The van der Waals surface area contributed by atoms with Crippen LogP contribution in [0.3, 0.4) is 0 Å². The van der Waals surface area contributed by atoms with Crippen molar-refractivity contribution in [3.05, 3.63) is 39.6 Å². The van der Waals surface area contributed by atoms with Gasteiger partial charge in [0, 0.05) is 40.9 Å². The number of nitrogens with one attached hydrogen (secondary N) is 1. The SMILES string of the molecule is CCn1ccnc1CC(NN)c1cc2c(s1)CCSC2. The van der Waals surface area contributed by atoms with Gasteiger partial charge in [-0.1, -0.05) is 0 Å². The Balaban J connectivity index is 1.81. The van der Waals surface area contributed by atoms with Crippen LogP contribution in [0.15, 0.2) is 18.5 Å². The molecule has 0 spiro atoms. The smallest absolute Gasteiger partial charge is 0.110 e. The Bertz CT molecular complexity index is 552. The van der Waals surface area contributed by atoms with Gasteiger partial charge in [0.15, 0.2) is 0 Å². The maximum Gasteiger partial charge on any atom is 0.110 e. The number of nitrogens with two attached hydrogens (primary N) is 1. The molecule has 6 heteroatoms. The summed E-state index contributed by atoms with van der Waals surface area (Å²) >= 11 is 3.93. The summed E-state index contributed by atoms with van der Waals surface area (Å²) < 4.78 is 2.17. The van der Waals surface area contributed by atoms with Crippen molar-refractivity contribution in [2.45, 2.75) is 38.1 Å². The van der Waals surface area contributed by atoms with Gasteiger partial charge < -0.3 is 4.57 Å². The van der Waals surface area contributed by atoms with Gasteiger partial charge in [-0.15, -0.1) is 11.3 Å². The average Bonchev–Trinajstić information content (AvgIpc) is 3.10. The molecule has 0 aromatic carbocycles. The number of aromatic nitrogens is 2. The van der Waals surface area contributed by atoms with Crippen molar-refractivity contribution in [2.75, 3.05) is 5.75 Å². The average molecular weight is 308 g/mol. The van der Waals surface area contributed by atoms with Gasteiger partial charge in [0.25, 0.3) is 0 Å². The number of thioether (sulfide) groups is 1. The molecule has 3 N–H and O–H groups in total. The highest BCUT2D eigenvalue weighted by Gasteiger charge is 2.20. The van der Waals surface area contributed by atoms with E-state index in [4.69, 9.17) is 5.84 Å². The van der Waals surface area contributed by atoms with Gasteiger partial charge in [-0.05, 0) is 30.7 Å². The highest BCUT2D eigenvalue weighted by Crippen LogP contribution is 2.35. The number of aryl methyl sites for hydroxylation is 2. The predicted octanol–water partition coefficient (Wildman–Crippen LogP) is 2.50. The van der Waals surface area contributed by atoms with Gasteiger partial charge >= 0.3 is 0 Å². The largest absolute Gasteiger partial charge is 0.335 e. The van der Waals surface area contributed by atoms with Crippen LogP contribution in [0.25, 0.3) is 0 Å². The number of hydrogen-bond donors (Lipinski definition) is 2. The second-order valence-electron chi connectivity index (χ2n) is 4.95. The van der Waals surface area contributed by atoms with Gasteiger partial charge in [0.05, 0.1) is 6.04 Å². The number of fused-ring (bicyclic) bond motifs is 1. The standard InChI is InChI=1S/C14H20N4S2/c1-2-18-5-4-16-14(18)8-11(17-15)13-7-10-9-19-6-3-12(10)20-13/h4-5,7,11,17H,2-3,6,8-9,15H2,1H3. The van der Waals surface area contributed by atoms with Crippen LogP contribution in [0, 0.1) is 0 Å². The number of thiophene rings is 1. The highest BCUT2D eigenvalue weighted by molar-refractivity contribution is 7.98. The van der Waals surface area contributed by atoms with Gasteiger partial charge in [-0.2, -0.15) is 11.8 Å². The summed E-state index contributed by atoms with van der Waals surface area (Å²) in [4.78, 5) is 7.33. The monoisotopic (exact) mass is 308 g/mol. The summed E-state index contributed by atoms with van der Waals surface area (Å²) in [6.07, 6.45) is 5.93. The first-order valence-electron chi connectivity index (χ1n) is 6.97. The predicted molar refractivity (Wildman–Crippen MR) is 85.9 cm³/mol. The third-order valence-electron chi connectivity index (χ3n) is 3.72. The maximum atomic E-state index is 5.79. The van der Waals surface area contributed by atoms with E-state index in [-0.39, 0.29) is 6.04 Å². The van der Waals surface area contributed by atoms with Crippen LogP contribution in [0.1, 0.15) is 34.1 Å². The van der Waals surface area contributed by atoms with Crippen molar-refractivity contribution in [2.24, 2.45) is 5.84 Å². The zero-order valence-corrected chi connectivity index (χ0v) is 13.3. The van der Waals surface area contributed by atoms with E-state index in [0.717, 1.165) is 24.5 Å². The summed E-state index contributed by atoms with van der Waals surface area (Å²) in [5.41, 5.74) is 4.47. The molecule has 0 saturated heterocycles. The second kappa shape index (κ2) is 6.30. The van der Waals surface area contributed by atoms with Crippen LogP contribution >= 0.6 is 23.1 Å². The summed E-state index contributed by atoms with van der Waals surface area (Å²) in [6, 6.07) is 2.49. The van der Waals surface area contributed by atoms with E-state index < -0.39 is 0 Å². The highest BCUT2D eigenvalue weighted by atomic mass is 32.2. The lowest BCUT2D eigenvalue weighted by atomic mass is 10.1. The molecular formula is C14H20N4S2. The molecule has 0 saturated carbocycles. The fourth-order valence-corrected chi connectivity index (χ4v) is 5.02. The topological polar surface area (TPSA) is 55.9 Å². The molecule has 0 radical (unpaired) electrons. The van der Waals surface area contributed by atoms with Gasteiger partial charge in [-0.25, -0.2) is 4.98 Å². The molecule has 1 atom stereocenters. The lowest BCUT2D eigenvalue weighted by Gasteiger charge is -2.14. The first-order valence-corrected chi connectivity index (χ1v) is 8.94. The van der Waals surface area contributed by atoms with Crippen LogP contribution in [0.4, 0.5) is 0 Å². The van der Waals surface area contributed by atoms with Crippen molar-refractivity contribution >= 4 is 23.1 Å². The lowest BCUT2D eigenvalue weighted by Crippen LogP contribution is -2.29. The molecule has 3 rings (SSSR count). The molecule has 2 aromatic heterocycles. The molecule has 0 amide bonds. The van der Waals surface area contributed by atoms with Gasteiger partial charge in [0.2, 0.25) is 0 Å². The Morgan fingerprint density at radius 3 is 3.20 bits per heavy atom. The Morgan fingerprint density at radius 1 is 1.55 bits per heavy atom. The first kappa shape index (κ1) is 14.1. The second-order valence-corrected chi connectivity index (χ2v) is 7.23. The zero-order chi connectivity index (χ0) is 13.9. The van der Waals surface area contributed by atoms with Crippen molar-refractivity contribution < 1.29 is 0 Å². The van der Waals surface area contributed by atoms with E-state index in [1.807, 2.05) is 35.5 Å². The molecule has 1 unspecified atom stereocenters. The molecule has 0 bridgehead atoms. The Labute approximate surface area is 127 Å². The molecule has 2 aromatic rings. The minimum absolute atomic E-state index is 0.156. The molecule has 4 nitrogen and oxygen atoms in total. The maximum absolute atomic E-state index is 5.79. The van der Waals surface area contributed by atoms with E-state index in [0.29, 0.717) is 0 Å². The minimum Gasteiger partial charge on any atom is -0.335 e. The quantitative estimate of drug-likeness (QED) is 0.658. The van der Waals surface area contributed by atoms with Gasteiger partial charge in [-0.3, -0.25) is 11.3 Å². The van der Waals surface area contributed by atoms with Crippen molar-refractivity contribution in [3.8, 4) is 0 Å². The van der Waals surface area contributed by atoms with Crippen molar-refractivity contribution in [3.63, 3.8) is 0 Å². The zero-order valence-electron chi connectivity index (χ0n) is 11.6. The minimum atomic E-state index is 0.156. The number of rotatable bonds is 5. The van der Waals surface area contributed by atoms with Crippen LogP contribution in [-0.2, 0) is 25.1 Å². The summed E-state index contributed by atoms with van der Waals surface area (Å²) in [7, 11) is 0. The number of imidazole rings is 1. The van der Waals surface area contributed by atoms with Crippen molar-refractivity contribution in [1.82, 2.24) is 15.0 Å².